The van der Waals surface area contributed by atoms with Crippen molar-refractivity contribution in [3.8, 4) is 0 Å². The van der Waals surface area contributed by atoms with Crippen molar-refractivity contribution in [3.05, 3.63) is 274 Å². The minimum Gasteiger partial charge on any atom is -0.0748 e. The van der Waals surface area contributed by atoms with Crippen molar-refractivity contribution in [2.75, 3.05) is 7.30 Å². The molecule has 0 aliphatic rings. The Labute approximate surface area is 557 Å². The zero-order chi connectivity index (χ0) is 50.3. The molecular formula is C55H38Br8I6. The van der Waals surface area contributed by atoms with Gasteiger partial charge >= 0.3 is 0 Å². The fourth-order valence-electron chi connectivity index (χ4n) is 6.75. The molecule has 8 aromatic carbocycles. The van der Waals surface area contributed by atoms with E-state index in [1.807, 2.05) is 0 Å². The van der Waals surface area contributed by atoms with Gasteiger partial charge in [-0.15, -0.1) is 0 Å². The van der Waals surface area contributed by atoms with Crippen LogP contribution < -0.4 is 0 Å². The molecule has 0 amide bonds. The first-order chi connectivity index (χ1) is 33.3. The highest BCUT2D eigenvalue weighted by Gasteiger charge is 2.18. The maximum atomic E-state index is 3.57. The first-order valence-corrected chi connectivity index (χ1v) is 35.7. The Morgan fingerprint density at radius 1 is 0.188 bits per heavy atom. The summed E-state index contributed by atoms with van der Waals surface area (Å²) in [6.45, 7) is 0. The maximum absolute atomic E-state index is 3.57. The van der Waals surface area contributed by atoms with E-state index in [0.29, 0.717) is 0 Å². The van der Waals surface area contributed by atoms with Gasteiger partial charge < -0.3 is 0 Å². The Bertz CT molecular complexity index is 2240. The van der Waals surface area contributed by atoms with Crippen LogP contribution in [0.1, 0.15) is 44.5 Å². The second-order valence-electron chi connectivity index (χ2n) is 13.9. The van der Waals surface area contributed by atoms with E-state index < -0.39 is 0 Å². The molecule has 8 aromatic rings. The third-order valence-corrected chi connectivity index (χ3v) is 13.8. The summed E-state index contributed by atoms with van der Waals surface area (Å²) in [5, 5.41) is 0. The molecule has 14 heteroatoms. The van der Waals surface area contributed by atoms with E-state index in [1.165, 1.54) is 74.1 Å². The molecule has 0 spiro atoms. The summed E-state index contributed by atoms with van der Waals surface area (Å²) < 4.78 is 12.1. The summed E-state index contributed by atoms with van der Waals surface area (Å²) in [7, 11) is 0. The van der Waals surface area contributed by atoms with Crippen LogP contribution in [0.2, 0.25) is 0 Å². The lowest BCUT2D eigenvalue weighted by atomic mass is 9.86. The van der Waals surface area contributed by atoms with Crippen LogP contribution in [0.15, 0.2) is 230 Å². The molecule has 0 heterocycles. The standard InChI is InChI=1S/2C26H16Br4.3CH2I2/c2*27-21-9-1-17(2-10-21)25(18-3-11-22(28)12-4-18)26(19-5-13-23(29)14-6-19)20-7-15-24(30)16-8-20;3*2-1-3/h2*1-16H;3*1H2. The van der Waals surface area contributed by atoms with Gasteiger partial charge in [0.25, 0.3) is 0 Å². The molecule has 0 nitrogen and oxygen atoms in total. The summed E-state index contributed by atoms with van der Waals surface area (Å²) >= 11 is 42.2. The molecule has 0 unspecified atom stereocenters. The van der Waals surface area contributed by atoms with E-state index in [2.05, 4.69) is 457 Å². The summed E-state index contributed by atoms with van der Waals surface area (Å²) in [5.41, 5.74) is 14.1. The Kier molecular flexibility index (Phi) is 31.9. The molecule has 0 aromatic heterocycles. The molecular weight excluding hydrogens is 2060 g/mol. The third-order valence-electron chi connectivity index (χ3n) is 9.56. The fraction of sp³-hybridized carbons (Fsp3) is 0.0545. The molecule has 0 N–H and O–H groups in total. The molecule has 0 aliphatic carbocycles. The van der Waals surface area contributed by atoms with Gasteiger partial charge in [0.05, 0.1) is 7.30 Å². The average Bonchev–Trinajstić information content (AvgIpc) is 3.34. The van der Waals surface area contributed by atoms with E-state index in [-0.39, 0.29) is 0 Å². The number of rotatable bonds is 8. The Morgan fingerprint density at radius 2 is 0.261 bits per heavy atom. The minimum atomic E-state index is 1.07. The Morgan fingerprint density at radius 3 is 0.333 bits per heavy atom. The summed E-state index contributed by atoms with van der Waals surface area (Å²) in [6.07, 6.45) is 0. The van der Waals surface area contributed by atoms with Crippen LogP contribution in [-0.4, -0.2) is 7.30 Å². The number of benzene rings is 8. The zero-order valence-electron chi connectivity index (χ0n) is 35.9. The molecule has 69 heavy (non-hydrogen) atoms. The highest BCUT2D eigenvalue weighted by molar-refractivity contribution is 14.2. The van der Waals surface area contributed by atoms with Crippen molar-refractivity contribution >= 4 is 285 Å². The van der Waals surface area contributed by atoms with Gasteiger partial charge in [-0.2, -0.15) is 0 Å². The summed E-state index contributed by atoms with van der Waals surface area (Å²) in [6, 6.07) is 68.1. The fourth-order valence-corrected chi connectivity index (χ4v) is 8.87. The number of alkyl halides is 6. The van der Waals surface area contributed by atoms with E-state index >= 15 is 0 Å². The highest BCUT2D eigenvalue weighted by Crippen LogP contribution is 2.40. The topological polar surface area (TPSA) is 0 Å². The van der Waals surface area contributed by atoms with Gasteiger partial charge in [-0.05, 0) is 164 Å². The summed E-state index contributed by atoms with van der Waals surface area (Å²) in [4.78, 5) is 0. The van der Waals surface area contributed by atoms with Crippen molar-refractivity contribution < 1.29 is 0 Å². The van der Waals surface area contributed by atoms with Crippen molar-refractivity contribution in [3.63, 3.8) is 0 Å². The SMILES string of the molecule is Brc1ccc(C(=C(c2ccc(Br)cc2)c2ccc(Br)cc2)c2ccc(Br)cc2)cc1.Brc1ccc(C(=C(c2ccc(Br)cc2)c2ccc(Br)cc2)c2ccc(Br)cc2)cc1.ICI.ICI.ICI. The van der Waals surface area contributed by atoms with Crippen molar-refractivity contribution in [1.82, 2.24) is 0 Å². The van der Waals surface area contributed by atoms with Gasteiger partial charge in [0.15, 0.2) is 0 Å². The normalized spacial score (nSPS) is 10.1. The van der Waals surface area contributed by atoms with E-state index in [4.69, 9.17) is 0 Å². The van der Waals surface area contributed by atoms with Gasteiger partial charge in [-0.1, -0.05) is 360 Å². The maximum Gasteiger partial charge on any atom is 0.0516 e. The van der Waals surface area contributed by atoms with Gasteiger partial charge in [0.1, 0.15) is 0 Å². The van der Waals surface area contributed by atoms with Crippen LogP contribution in [0.25, 0.3) is 22.3 Å². The lowest BCUT2D eigenvalue weighted by Gasteiger charge is -2.18. The number of hydrogen-bond acceptors (Lipinski definition) is 0. The minimum absolute atomic E-state index is 1.07. The van der Waals surface area contributed by atoms with Crippen LogP contribution in [0.5, 0.6) is 0 Å². The molecule has 0 fully saturated rings. The molecule has 0 saturated heterocycles. The molecule has 0 aliphatic heterocycles. The number of halogens is 14. The summed E-state index contributed by atoms with van der Waals surface area (Å²) in [5.74, 6) is 0. The first-order valence-electron chi connectivity index (χ1n) is 20.2. The molecule has 0 saturated carbocycles. The van der Waals surface area contributed by atoms with Crippen LogP contribution in [0.4, 0.5) is 0 Å². The van der Waals surface area contributed by atoms with Crippen molar-refractivity contribution in [2.45, 2.75) is 0 Å². The smallest absolute Gasteiger partial charge is 0.0516 e. The van der Waals surface area contributed by atoms with Crippen LogP contribution in [0.3, 0.4) is 0 Å². The van der Waals surface area contributed by atoms with E-state index in [0.717, 1.165) is 35.8 Å². The van der Waals surface area contributed by atoms with Crippen LogP contribution in [0, 0.1) is 0 Å². The molecule has 356 valence electrons. The van der Waals surface area contributed by atoms with Gasteiger partial charge in [-0.25, -0.2) is 0 Å². The lowest BCUT2D eigenvalue weighted by molar-refractivity contribution is 1.48. The predicted molar refractivity (Wildman–Crippen MR) is 382 cm³/mol. The monoisotopic (exact) mass is 2090 g/mol. The van der Waals surface area contributed by atoms with E-state index in [1.54, 1.807) is 0 Å². The lowest BCUT2D eigenvalue weighted by Crippen LogP contribution is -1.97. The number of hydrogen-bond donors (Lipinski definition) is 0. The molecule has 0 bridgehead atoms. The zero-order valence-corrected chi connectivity index (χ0v) is 61.5. The Hall–Kier alpha value is 1.46. The van der Waals surface area contributed by atoms with Gasteiger partial charge in [0.2, 0.25) is 0 Å². The van der Waals surface area contributed by atoms with E-state index in [9.17, 15) is 0 Å². The molecule has 8 rings (SSSR count). The highest BCUT2D eigenvalue weighted by atomic mass is 127. The predicted octanol–water partition coefficient (Wildman–Crippen LogP) is 24.9. The average molecular weight is 2100 g/mol. The van der Waals surface area contributed by atoms with Crippen molar-refractivity contribution in [2.24, 2.45) is 0 Å². The second-order valence-corrected chi connectivity index (χ2v) is 34.5. The van der Waals surface area contributed by atoms with Crippen LogP contribution in [-0.2, 0) is 0 Å². The molecule has 0 atom stereocenters. The molecule has 0 radical (unpaired) electrons. The second kappa shape index (κ2) is 35.0. The third kappa shape index (κ3) is 21.4. The van der Waals surface area contributed by atoms with Crippen molar-refractivity contribution in [1.29, 1.82) is 0 Å². The Balaban J connectivity index is 0.000000257. The quantitative estimate of drug-likeness (QED) is 0.0808. The van der Waals surface area contributed by atoms with Gasteiger partial charge in [-0.3, -0.25) is 0 Å². The largest absolute Gasteiger partial charge is 0.0748 e. The first kappa shape index (κ1) is 63.0. The van der Waals surface area contributed by atoms with Gasteiger partial charge in [0, 0.05) is 35.8 Å². The van der Waals surface area contributed by atoms with Crippen LogP contribution >= 0.6 is 263 Å².